The van der Waals surface area contributed by atoms with Crippen LogP contribution in [0.3, 0.4) is 0 Å². The maximum Gasteiger partial charge on any atom is 0.262 e. The van der Waals surface area contributed by atoms with E-state index < -0.39 is 17.9 Å². The predicted octanol–water partition coefficient (Wildman–Crippen LogP) is 4.08. The molecular formula is C34H44N4O4. The number of carbonyl (C=O) groups is 4. The fraction of sp³-hybridized carbons (Fsp3) is 0.647. The number of carbonyl (C=O) groups excluding carboxylic acids is 4. The second kappa shape index (κ2) is 11.0. The lowest BCUT2D eigenvalue weighted by molar-refractivity contribution is -0.118. The van der Waals surface area contributed by atoms with Crippen LogP contribution in [0.1, 0.15) is 91.8 Å². The van der Waals surface area contributed by atoms with Crippen LogP contribution in [-0.4, -0.2) is 95.5 Å². The third-order valence-electron chi connectivity index (χ3n) is 11.4. The summed E-state index contributed by atoms with van der Waals surface area (Å²) in [5, 5.41) is 0. The Hall–Kier alpha value is -2.84. The minimum absolute atomic E-state index is 0.151. The number of benzene rings is 1. The molecule has 224 valence electrons. The number of allylic oxidation sites excluding steroid dienone is 1. The van der Waals surface area contributed by atoms with Gasteiger partial charge in [0.25, 0.3) is 11.8 Å². The highest BCUT2D eigenvalue weighted by Gasteiger charge is 2.47. The largest absolute Gasteiger partial charge is 0.370 e. The zero-order valence-electron chi connectivity index (χ0n) is 24.9. The van der Waals surface area contributed by atoms with Gasteiger partial charge < -0.3 is 14.7 Å². The van der Waals surface area contributed by atoms with E-state index in [1.165, 1.54) is 89.7 Å². The Labute approximate surface area is 249 Å². The van der Waals surface area contributed by atoms with Crippen LogP contribution in [-0.2, 0) is 9.59 Å². The lowest BCUT2D eigenvalue weighted by Gasteiger charge is -2.56. The fourth-order valence-electron chi connectivity index (χ4n) is 8.63. The third-order valence-corrected chi connectivity index (χ3v) is 11.4. The first-order valence-corrected chi connectivity index (χ1v) is 16.3. The van der Waals surface area contributed by atoms with E-state index in [-0.39, 0.29) is 24.4 Å². The highest BCUT2D eigenvalue weighted by molar-refractivity contribution is 6.24. The Bertz CT molecular complexity index is 1290. The summed E-state index contributed by atoms with van der Waals surface area (Å²) in [4.78, 5) is 59.9. The topological polar surface area (TPSA) is 81.2 Å². The number of likely N-dealkylation sites (tertiary alicyclic amines) is 2. The van der Waals surface area contributed by atoms with Gasteiger partial charge in [-0.25, -0.2) is 0 Å². The van der Waals surface area contributed by atoms with E-state index in [1.54, 1.807) is 6.07 Å². The van der Waals surface area contributed by atoms with Crippen LogP contribution in [0.5, 0.6) is 0 Å². The third kappa shape index (κ3) is 5.04. The van der Waals surface area contributed by atoms with Crippen molar-refractivity contribution in [3.63, 3.8) is 0 Å². The molecule has 8 heteroatoms. The van der Waals surface area contributed by atoms with Crippen molar-refractivity contribution in [3.05, 3.63) is 41.5 Å². The number of hydrogen-bond donors (Lipinski definition) is 0. The van der Waals surface area contributed by atoms with Crippen LogP contribution < -0.4 is 4.90 Å². The number of hydrogen-bond acceptors (Lipinski definition) is 7. The van der Waals surface area contributed by atoms with Gasteiger partial charge >= 0.3 is 0 Å². The molecule has 1 aromatic carbocycles. The number of imide groups is 1. The summed E-state index contributed by atoms with van der Waals surface area (Å²) in [7, 11) is 0. The number of rotatable bonds is 4. The lowest BCUT2D eigenvalue weighted by Crippen LogP contribution is -2.59. The maximum absolute atomic E-state index is 13.3. The van der Waals surface area contributed by atoms with Crippen molar-refractivity contribution in [2.24, 2.45) is 11.3 Å². The van der Waals surface area contributed by atoms with Crippen molar-refractivity contribution >= 4 is 29.1 Å². The molecule has 1 saturated carbocycles. The Morgan fingerprint density at radius 2 is 1.33 bits per heavy atom. The molecule has 6 aliphatic rings. The number of anilines is 1. The summed E-state index contributed by atoms with van der Waals surface area (Å²) in [6.45, 7) is 9.47. The molecule has 2 aliphatic carbocycles. The number of piperidine rings is 2. The average molecular weight is 573 g/mol. The van der Waals surface area contributed by atoms with Gasteiger partial charge in [-0.1, -0.05) is 6.92 Å². The molecule has 1 atom stereocenters. The molecule has 1 unspecified atom stereocenters. The summed E-state index contributed by atoms with van der Waals surface area (Å²) >= 11 is 0. The van der Waals surface area contributed by atoms with Crippen LogP contribution in [0, 0.1) is 11.3 Å². The van der Waals surface area contributed by atoms with Gasteiger partial charge in [0, 0.05) is 42.7 Å². The first-order chi connectivity index (χ1) is 20.3. The summed E-state index contributed by atoms with van der Waals surface area (Å²) in [6, 6.07) is 6.12. The standard InChI is InChI=1S/C34H44N4O4/c1-23-10-16-35(17-11-23)25-12-18-36(19-13-25)24-8-14-34(15-9-24)21-37(22-34)26-2-5-28-29(20-26)33(42)38(32(28)41)30-6-3-27(39)4-7-31(30)40/h2,4-5,7,20,23-25,30H,3,6,8-19,21-22H2,1H3. The Kier molecular flexibility index (Phi) is 7.33. The molecule has 0 aromatic heterocycles. The first kappa shape index (κ1) is 28.0. The molecule has 0 radical (unpaired) electrons. The maximum atomic E-state index is 13.3. The van der Waals surface area contributed by atoms with Crippen molar-refractivity contribution in [3.8, 4) is 0 Å². The van der Waals surface area contributed by atoms with Gasteiger partial charge in [0.05, 0.1) is 11.1 Å². The van der Waals surface area contributed by atoms with E-state index in [1.807, 2.05) is 12.1 Å². The van der Waals surface area contributed by atoms with E-state index in [2.05, 4.69) is 21.6 Å². The molecule has 2 amide bonds. The van der Waals surface area contributed by atoms with E-state index in [0.717, 1.165) is 41.7 Å². The van der Waals surface area contributed by atoms with E-state index in [4.69, 9.17) is 0 Å². The van der Waals surface area contributed by atoms with Crippen LogP contribution in [0.15, 0.2) is 30.4 Å². The molecule has 1 aromatic rings. The summed E-state index contributed by atoms with van der Waals surface area (Å²) in [5.41, 5.74) is 2.05. The quantitative estimate of drug-likeness (QED) is 0.503. The van der Waals surface area contributed by atoms with Crippen molar-refractivity contribution in [2.75, 3.05) is 44.2 Å². The smallest absolute Gasteiger partial charge is 0.262 e. The Morgan fingerprint density at radius 3 is 2.02 bits per heavy atom. The lowest BCUT2D eigenvalue weighted by atomic mass is 9.67. The van der Waals surface area contributed by atoms with Crippen LogP contribution in [0.4, 0.5) is 5.69 Å². The van der Waals surface area contributed by atoms with Gasteiger partial charge in [-0.05, 0) is 120 Å². The SMILES string of the molecule is CC1CCN(C2CCN(C3CCC4(CC3)CN(c3ccc5c(c3)C(=O)N(C3CCC(=O)C=CC3=O)C5=O)C4)CC2)CC1. The first-order valence-electron chi connectivity index (χ1n) is 16.3. The summed E-state index contributed by atoms with van der Waals surface area (Å²) in [6.07, 6.45) is 13.2. The van der Waals surface area contributed by atoms with Crippen molar-refractivity contribution in [1.82, 2.24) is 14.7 Å². The number of ketones is 2. The molecule has 0 bridgehead atoms. The van der Waals surface area contributed by atoms with Gasteiger partial charge in [-0.15, -0.1) is 0 Å². The zero-order chi connectivity index (χ0) is 29.0. The zero-order valence-corrected chi connectivity index (χ0v) is 24.9. The minimum atomic E-state index is -0.912. The van der Waals surface area contributed by atoms with Gasteiger partial charge in [-0.2, -0.15) is 0 Å². The highest BCUT2D eigenvalue weighted by Crippen LogP contribution is 2.47. The Morgan fingerprint density at radius 1 is 0.714 bits per heavy atom. The monoisotopic (exact) mass is 572 g/mol. The van der Waals surface area contributed by atoms with E-state index >= 15 is 0 Å². The molecule has 42 heavy (non-hydrogen) atoms. The van der Waals surface area contributed by atoms with Gasteiger partial charge in [0.1, 0.15) is 6.04 Å². The summed E-state index contributed by atoms with van der Waals surface area (Å²) < 4.78 is 0. The fourth-order valence-corrected chi connectivity index (χ4v) is 8.63. The van der Waals surface area contributed by atoms with Crippen LogP contribution >= 0.6 is 0 Å². The second-order valence-electron chi connectivity index (χ2n) is 14.0. The average Bonchev–Trinajstić information content (AvgIpc) is 3.11. The van der Waals surface area contributed by atoms with Crippen molar-refractivity contribution < 1.29 is 19.2 Å². The Balaban J connectivity index is 0.923. The van der Waals surface area contributed by atoms with Crippen molar-refractivity contribution in [1.29, 1.82) is 0 Å². The molecular weight excluding hydrogens is 528 g/mol. The molecule has 4 heterocycles. The highest BCUT2D eigenvalue weighted by atomic mass is 16.2. The summed E-state index contributed by atoms with van der Waals surface area (Å²) in [5.74, 6) is -0.481. The normalized spacial score (nSPS) is 28.5. The minimum Gasteiger partial charge on any atom is -0.370 e. The molecule has 0 N–H and O–H groups in total. The molecule has 3 saturated heterocycles. The molecule has 8 nitrogen and oxygen atoms in total. The predicted molar refractivity (Wildman–Crippen MR) is 161 cm³/mol. The number of fused-ring (bicyclic) bond motifs is 1. The van der Waals surface area contributed by atoms with Gasteiger partial charge in [-0.3, -0.25) is 24.1 Å². The van der Waals surface area contributed by atoms with Gasteiger partial charge in [0.2, 0.25) is 0 Å². The second-order valence-corrected chi connectivity index (χ2v) is 14.0. The van der Waals surface area contributed by atoms with E-state index in [0.29, 0.717) is 16.5 Å². The van der Waals surface area contributed by atoms with Crippen LogP contribution in [0.25, 0.3) is 0 Å². The number of nitrogens with zero attached hydrogens (tertiary/aromatic N) is 4. The molecule has 7 rings (SSSR count). The molecule has 4 fully saturated rings. The van der Waals surface area contributed by atoms with Crippen molar-refractivity contribution in [2.45, 2.75) is 89.3 Å². The molecule has 4 aliphatic heterocycles. The molecule has 1 spiro atoms. The number of amides is 2. The van der Waals surface area contributed by atoms with Gasteiger partial charge in [0.15, 0.2) is 11.6 Å². The van der Waals surface area contributed by atoms with E-state index in [9.17, 15) is 19.2 Å². The van der Waals surface area contributed by atoms with Crippen LogP contribution in [0.2, 0.25) is 0 Å².